The summed E-state index contributed by atoms with van der Waals surface area (Å²) in [7, 11) is -3.44. The van der Waals surface area contributed by atoms with E-state index in [-0.39, 0.29) is 10.9 Å². The smallest absolute Gasteiger partial charge is 0.240 e. The van der Waals surface area contributed by atoms with E-state index in [1.54, 1.807) is 35.6 Å². The van der Waals surface area contributed by atoms with Gasteiger partial charge in [-0.25, -0.2) is 13.1 Å². The summed E-state index contributed by atoms with van der Waals surface area (Å²) in [5.74, 6) is 0. The van der Waals surface area contributed by atoms with Gasteiger partial charge in [-0.1, -0.05) is 12.1 Å². The van der Waals surface area contributed by atoms with E-state index in [4.69, 9.17) is 5.73 Å². The van der Waals surface area contributed by atoms with Gasteiger partial charge < -0.3 is 5.73 Å². The highest BCUT2D eigenvalue weighted by molar-refractivity contribution is 7.89. The molecule has 1 aromatic heterocycles. The number of nitrogens with one attached hydrogen (secondary N) is 1. The molecule has 1 unspecified atom stereocenters. The Morgan fingerprint density at radius 3 is 2.50 bits per heavy atom. The zero-order chi connectivity index (χ0) is 14.6. The molecule has 0 aliphatic carbocycles. The van der Waals surface area contributed by atoms with Crippen LogP contribution in [0.2, 0.25) is 0 Å². The van der Waals surface area contributed by atoms with Crippen LogP contribution in [0.3, 0.4) is 0 Å². The minimum atomic E-state index is -3.44. The van der Waals surface area contributed by atoms with Gasteiger partial charge in [-0.05, 0) is 53.4 Å². The van der Waals surface area contributed by atoms with Gasteiger partial charge in [-0.3, -0.25) is 0 Å². The lowest BCUT2D eigenvalue weighted by molar-refractivity contribution is 0.581. The molecule has 0 saturated heterocycles. The van der Waals surface area contributed by atoms with Crippen molar-refractivity contribution in [3.63, 3.8) is 0 Å². The quantitative estimate of drug-likeness (QED) is 0.860. The average molecular weight is 310 g/mol. The maximum Gasteiger partial charge on any atom is 0.240 e. The Kier molecular flexibility index (Phi) is 4.93. The van der Waals surface area contributed by atoms with Crippen LogP contribution < -0.4 is 10.5 Å². The lowest BCUT2D eigenvalue weighted by Crippen LogP contribution is -2.26. The summed E-state index contributed by atoms with van der Waals surface area (Å²) in [4.78, 5) is 0.271. The third kappa shape index (κ3) is 3.89. The first-order valence-corrected chi connectivity index (χ1v) is 8.78. The predicted molar refractivity (Wildman–Crippen MR) is 82.3 cm³/mol. The Balaban J connectivity index is 1.99. The van der Waals surface area contributed by atoms with Crippen molar-refractivity contribution < 1.29 is 8.42 Å². The number of hydrogen-bond donors (Lipinski definition) is 2. The second-order valence-electron chi connectivity index (χ2n) is 4.64. The summed E-state index contributed by atoms with van der Waals surface area (Å²) in [6.45, 7) is 2.26. The van der Waals surface area contributed by atoms with Crippen LogP contribution in [-0.2, 0) is 16.4 Å². The monoisotopic (exact) mass is 310 g/mol. The Bertz CT molecular complexity index is 632. The van der Waals surface area contributed by atoms with Crippen molar-refractivity contribution in [1.29, 1.82) is 0 Å². The van der Waals surface area contributed by atoms with E-state index in [1.807, 2.05) is 23.8 Å². The standard InChI is InChI=1S/C14H18N2O2S2/c1-11(15)13-2-4-14(5-3-13)20(17,18)16-8-6-12-7-9-19-10-12/h2-5,7,9-11,16H,6,8,15H2,1H3. The van der Waals surface area contributed by atoms with Crippen LogP contribution in [0, 0.1) is 0 Å². The molecule has 6 heteroatoms. The minimum absolute atomic E-state index is 0.0988. The molecule has 1 heterocycles. The zero-order valence-electron chi connectivity index (χ0n) is 11.2. The fourth-order valence-electron chi connectivity index (χ4n) is 1.80. The second-order valence-corrected chi connectivity index (χ2v) is 7.18. The van der Waals surface area contributed by atoms with E-state index in [0.29, 0.717) is 13.0 Å². The number of sulfonamides is 1. The van der Waals surface area contributed by atoms with Crippen LogP contribution in [-0.4, -0.2) is 15.0 Å². The Morgan fingerprint density at radius 2 is 1.95 bits per heavy atom. The first-order chi connectivity index (χ1) is 9.49. The molecule has 0 aliphatic rings. The summed E-state index contributed by atoms with van der Waals surface area (Å²) in [6.07, 6.45) is 0.695. The molecule has 0 fully saturated rings. The number of benzene rings is 1. The largest absolute Gasteiger partial charge is 0.324 e. The van der Waals surface area contributed by atoms with Gasteiger partial charge in [0.1, 0.15) is 0 Å². The first-order valence-electron chi connectivity index (χ1n) is 6.35. The van der Waals surface area contributed by atoms with Crippen molar-refractivity contribution in [3.05, 3.63) is 52.2 Å². The highest BCUT2D eigenvalue weighted by Gasteiger charge is 2.13. The number of rotatable bonds is 6. The van der Waals surface area contributed by atoms with Crippen LogP contribution in [0.4, 0.5) is 0 Å². The Labute approximate surface area is 123 Å². The minimum Gasteiger partial charge on any atom is -0.324 e. The van der Waals surface area contributed by atoms with Gasteiger partial charge >= 0.3 is 0 Å². The molecule has 0 saturated carbocycles. The van der Waals surface area contributed by atoms with Crippen LogP contribution in [0.15, 0.2) is 46.0 Å². The summed E-state index contributed by atoms with van der Waals surface area (Å²) in [5, 5.41) is 4.00. The van der Waals surface area contributed by atoms with Gasteiger partial charge in [0, 0.05) is 12.6 Å². The maximum atomic E-state index is 12.1. The Hall–Kier alpha value is -1.21. The summed E-state index contributed by atoms with van der Waals surface area (Å²) in [5.41, 5.74) is 7.81. The van der Waals surface area contributed by atoms with Crippen molar-refractivity contribution >= 4 is 21.4 Å². The highest BCUT2D eigenvalue weighted by atomic mass is 32.2. The first kappa shape index (κ1) is 15.2. The molecular weight excluding hydrogens is 292 g/mol. The SMILES string of the molecule is CC(N)c1ccc(S(=O)(=O)NCCc2ccsc2)cc1. The topological polar surface area (TPSA) is 72.2 Å². The maximum absolute atomic E-state index is 12.1. The molecule has 108 valence electrons. The van der Waals surface area contributed by atoms with Crippen molar-refractivity contribution in [1.82, 2.24) is 4.72 Å². The molecule has 0 radical (unpaired) electrons. The predicted octanol–water partition coefficient (Wildman–Crippen LogP) is 2.29. The number of thiophene rings is 1. The van der Waals surface area contributed by atoms with E-state index in [9.17, 15) is 8.42 Å². The molecule has 0 spiro atoms. The van der Waals surface area contributed by atoms with Gasteiger partial charge in [-0.2, -0.15) is 11.3 Å². The van der Waals surface area contributed by atoms with Crippen LogP contribution in [0.1, 0.15) is 24.1 Å². The number of hydrogen-bond acceptors (Lipinski definition) is 4. The fourth-order valence-corrected chi connectivity index (χ4v) is 3.53. The zero-order valence-corrected chi connectivity index (χ0v) is 12.9. The molecule has 0 aliphatic heterocycles. The molecule has 20 heavy (non-hydrogen) atoms. The van der Waals surface area contributed by atoms with Crippen LogP contribution in [0.25, 0.3) is 0 Å². The average Bonchev–Trinajstić information content (AvgIpc) is 2.92. The third-order valence-electron chi connectivity index (χ3n) is 3.00. The molecule has 0 bridgehead atoms. The van der Waals surface area contributed by atoms with E-state index >= 15 is 0 Å². The summed E-state index contributed by atoms with van der Waals surface area (Å²) < 4.78 is 26.8. The van der Waals surface area contributed by atoms with Gasteiger partial charge in [0.25, 0.3) is 0 Å². The van der Waals surface area contributed by atoms with E-state index in [1.165, 1.54) is 0 Å². The van der Waals surface area contributed by atoms with Crippen molar-refractivity contribution in [2.24, 2.45) is 5.73 Å². The molecule has 1 atom stereocenters. The van der Waals surface area contributed by atoms with E-state index in [0.717, 1.165) is 11.1 Å². The lowest BCUT2D eigenvalue weighted by Gasteiger charge is -2.09. The van der Waals surface area contributed by atoms with Crippen LogP contribution in [0.5, 0.6) is 0 Å². The molecule has 3 N–H and O–H groups in total. The third-order valence-corrected chi connectivity index (χ3v) is 5.21. The van der Waals surface area contributed by atoms with Gasteiger partial charge in [0.05, 0.1) is 4.90 Å². The number of nitrogens with two attached hydrogens (primary N) is 1. The molecule has 0 amide bonds. The van der Waals surface area contributed by atoms with E-state index in [2.05, 4.69) is 4.72 Å². The van der Waals surface area contributed by atoms with Gasteiger partial charge in [0.15, 0.2) is 0 Å². The normalized spacial score (nSPS) is 13.3. The summed E-state index contributed by atoms with van der Waals surface area (Å²) >= 11 is 1.61. The molecular formula is C14H18N2O2S2. The summed E-state index contributed by atoms with van der Waals surface area (Å²) in [6, 6.07) is 8.57. The van der Waals surface area contributed by atoms with Crippen LogP contribution >= 0.6 is 11.3 Å². The second kappa shape index (κ2) is 6.49. The van der Waals surface area contributed by atoms with Gasteiger partial charge in [-0.15, -0.1) is 0 Å². The Morgan fingerprint density at radius 1 is 1.25 bits per heavy atom. The molecule has 2 aromatic rings. The van der Waals surface area contributed by atoms with Crippen molar-refractivity contribution in [3.8, 4) is 0 Å². The van der Waals surface area contributed by atoms with Crippen molar-refractivity contribution in [2.45, 2.75) is 24.3 Å². The van der Waals surface area contributed by atoms with Crippen molar-refractivity contribution in [2.75, 3.05) is 6.54 Å². The fraction of sp³-hybridized carbons (Fsp3) is 0.286. The molecule has 2 rings (SSSR count). The van der Waals surface area contributed by atoms with E-state index < -0.39 is 10.0 Å². The lowest BCUT2D eigenvalue weighted by atomic mass is 10.1. The highest BCUT2D eigenvalue weighted by Crippen LogP contribution is 2.14. The molecule has 1 aromatic carbocycles. The molecule has 4 nitrogen and oxygen atoms in total. The van der Waals surface area contributed by atoms with Gasteiger partial charge in [0.2, 0.25) is 10.0 Å².